The second-order valence-electron chi connectivity index (χ2n) is 4.38. The topological polar surface area (TPSA) is 70.7 Å². The van der Waals surface area contributed by atoms with Gasteiger partial charge in [-0.05, 0) is 26.4 Å². The van der Waals surface area contributed by atoms with Crippen molar-refractivity contribution in [2.24, 2.45) is 0 Å². The van der Waals surface area contributed by atoms with Crippen LogP contribution in [0.2, 0.25) is 0 Å². The number of carbonyl (C=O) groups is 2. The van der Waals surface area contributed by atoms with Crippen LogP contribution in [0.25, 0.3) is 0 Å². The number of rotatable bonds is 4. The maximum Gasteiger partial charge on any atom is 0.413 e. The molecule has 0 radical (unpaired) electrons. The first-order chi connectivity index (χ1) is 8.11. The van der Waals surface area contributed by atoms with Crippen LogP contribution in [0.3, 0.4) is 0 Å². The first-order valence-corrected chi connectivity index (χ1v) is 5.91. The summed E-state index contributed by atoms with van der Waals surface area (Å²) in [6.07, 6.45) is 2.89. The third-order valence-electron chi connectivity index (χ3n) is 2.78. The van der Waals surface area contributed by atoms with Crippen LogP contribution in [0.15, 0.2) is 0 Å². The molecule has 2 amide bonds. The van der Waals surface area contributed by atoms with Crippen LogP contribution in [0.4, 0.5) is 4.79 Å². The van der Waals surface area contributed by atoms with E-state index in [0.29, 0.717) is 6.04 Å². The molecule has 1 fully saturated rings. The van der Waals surface area contributed by atoms with Crippen molar-refractivity contribution in [1.82, 2.24) is 15.5 Å². The molecule has 98 valence electrons. The first kappa shape index (κ1) is 13.9. The van der Waals surface area contributed by atoms with Crippen molar-refractivity contribution in [2.45, 2.75) is 25.3 Å². The van der Waals surface area contributed by atoms with Gasteiger partial charge in [-0.2, -0.15) is 0 Å². The number of ether oxygens (including phenoxy) is 1. The number of methoxy groups -OCH3 is 1. The summed E-state index contributed by atoms with van der Waals surface area (Å²) in [6, 6.07) is 0.444. The largest absolute Gasteiger partial charge is 0.453 e. The Morgan fingerprint density at radius 3 is 2.82 bits per heavy atom. The molecule has 0 saturated carbocycles. The molecule has 1 rings (SSSR count). The van der Waals surface area contributed by atoms with Crippen molar-refractivity contribution >= 4 is 12.0 Å². The van der Waals surface area contributed by atoms with E-state index in [1.165, 1.54) is 20.0 Å². The summed E-state index contributed by atoms with van der Waals surface area (Å²) in [5.41, 5.74) is 0. The highest BCUT2D eigenvalue weighted by Crippen LogP contribution is 2.07. The normalized spacial score (nSPS) is 20.1. The number of hydrogen-bond donors (Lipinski definition) is 2. The van der Waals surface area contributed by atoms with Crippen LogP contribution in [0.1, 0.15) is 19.3 Å². The van der Waals surface area contributed by atoms with Crippen LogP contribution < -0.4 is 10.6 Å². The third kappa shape index (κ3) is 5.65. The van der Waals surface area contributed by atoms with Gasteiger partial charge in [-0.1, -0.05) is 6.42 Å². The number of hydrogen-bond acceptors (Lipinski definition) is 5. The quantitative estimate of drug-likeness (QED) is 0.724. The smallest absolute Gasteiger partial charge is 0.413 e. The molecule has 1 atom stereocenters. The lowest BCUT2D eigenvalue weighted by Gasteiger charge is -2.27. The first-order valence-electron chi connectivity index (χ1n) is 5.91. The van der Waals surface area contributed by atoms with E-state index >= 15 is 0 Å². The van der Waals surface area contributed by atoms with Crippen LogP contribution in [0, 0.1) is 0 Å². The maximum atomic E-state index is 11.4. The van der Waals surface area contributed by atoms with Crippen molar-refractivity contribution < 1.29 is 14.3 Å². The van der Waals surface area contributed by atoms with Crippen molar-refractivity contribution in [3.63, 3.8) is 0 Å². The fourth-order valence-corrected chi connectivity index (χ4v) is 1.97. The highest BCUT2D eigenvalue weighted by Gasteiger charge is 2.16. The molecule has 0 bridgehead atoms. The molecule has 6 nitrogen and oxygen atoms in total. The number of imide groups is 1. The van der Waals surface area contributed by atoms with E-state index in [0.717, 1.165) is 19.5 Å². The molecule has 0 aromatic rings. The highest BCUT2D eigenvalue weighted by molar-refractivity contribution is 5.92. The van der Waals surface area contributed by atoms with Gasteiger partial charge in [0.25, 0.3) is 0 Å². The molecule has 17 heavy (non-hydrogen) atoms. The average molecular weight is 243 g/mol. The Bertz CT molecular complexity index is 265. The molecule has 1 heterocycles. The number of carbonyl (C=O) groups excluding carboxylic acids is 2. The summed E-state index contributed by atoms with van der Waals surface area (Å²) in [6.45, 7) is 2.06. The Morgan fingerprint density at radius 1 is 1.47 bits per heavy atom. The Labute approximate surface area is 102 Å². The van der Waals surface area contributed by atoms with Gasteiger partial charge in [0.2, 0.25) is 5.91 Å². The Morgan fingerprint density at radius 2 is 2.24 bits per heavy atom. The molecule has 0 spiro atoms. The van der Waals surface area contributed by atoms with E-state index < -0.39 is 6.09 Å². The molecule has 0 aromatic heterocycles. The number of amides is 2. The minimum Gasteiger partial charge on any atom is -0.453 e. The van der Waals surface area contributed by atoms with Gasteiger partial charge < -0.3 is 10.1 Å². The number of nitrogens with zero attached hydrogens (tertiary/aromatic N) is 1. The van der Waals surface area contributed by atoms with Gasteiger partial charge in [-0.15, -0.1) is 0 Å². The van der Waals surface area contributed by atoms with E-state index in [4.69, 9.17) is 0 Å². The summed E-state index contributed by atoms with van der Waals surface area (Å²) in [7, 11) is 3.10. The molecular weight excluding hydrogens is 222 g/mol. The number of likely N-dealkylation sites (N-methyl/N-ethyl adjacent to an activating group) is 1. The lowest BCUT2D eigenvalue weighted by Crippen LogP contribution is -2.45. The van der Waals surface area contributed by atoms with E-state index in [-0.39, 0.29) is 12.5 Å². The van der Waals surface area contributed by atoms with E-state index in [1.54, 1.807) is 0 Å². The van der Waals surface area contributed by atoms with E-state index in [2.05, 4.69) is 15.4 Å². The summed E-state index contributed by atoms with van der Waals surface area (Å²) < 4.78 is 4.35. The van der Waals surface area contributed by atoms with Crippen molar-refractivity contribution in [2.75, 3.05) is 33.8 Å². The zero-order valence-electron chi connectivity index (χ0n) is 10.5. The lowest BCUT2D eigenvalue weighted by molar-refractivity contribution is -0.121. The minimum atomic E-state index is -0.709. The molecule has 1 aliphatic heterocycles. The van der Waals surface area contributed by atoms with Crippen LogP contribution >= 0.6 is 0 Å². The molecule has 2 N–H and O–H groups in total. The van der Waals surface area contributed by atoms with Gasteiger partial charge in [0, 0.05) is 12.6 Å². The lowest BCUT2D eigenvalue weighted by atomic mass is 10.0. The van der Waals surface area contributed by atoms with Gasteiger partial charge in [-0.3, -0.25) is 15.0 Å². The number of nitrogens with one attached hydrogen (secondary N) is 2. The average Bonchev–Trinajstić information content (AvgIpc) is 2.29. The van der Waals surface area contributed by atoms with Crippen molar-refractivity contribution in [3.8, 4) is 0 Å². The van der Waals surface area contributed by atoms with Crippen LogP contribution in [-0.4, -0.2) is 56.7 Å². The Kier molecular flexibility index (Phi) is 5.93. The molecule has 0 aromatic carbocycles. The predicted octanol–water partition coefficient (Wildman–Crippen LogP) is -0.0571. The monoisotopic (exact) mass is 243 g/mol. The maximum absolute atomic E-state index is 11.4. The fourth-order valence-electron chi connectivity index (χ4n) is 1.97. The number of alkyl carbamates (subject to hydrolysis) is 1. The molecule has 6 heteroatoms. The number of piperidine rings is 1. The molecule has 0 aliphatic carbocycles. The molecular formula is C11H21N3O3. The zero-order chi connectivity index (χ0) is 12.7. The Balaban J connectivity index is 2.21. The summed E-state index contributed by atoms with van der Waals surface area (Å²) in [5.74, 6) is -0.338. The molecule has 1 unspecified atom stereocenters. The van der Waals surface area contributed by atoms with Crippen molar-refractivity contribution in [3.05, 3.63) is 0 Å². The third-order valence-corrected chi connectivity index (χ3v) is 2.78. The Hall–Kier alpha value is -1.14. The summed E-state index contributed by atoms with van der Waals surface area (Å²) >= 11 is 0. The fraction of sp³-hybridized carbons (Fsp3) is 0.818. The standard InChI is InChI=1S/C11H21N3O3/c1-14(7-9-5-3-4-6-12-9)8-10(15)13-11(16)17-2/h9,12H,3-8H2,1-2H3,(H,13,15,16). The predicted molar refractivity (Wildman–Crippen MR) is 63.7 cm³/mol. The molecule has 1 saturated heterocycles. The van der Waals surface area contributed by atoms with Gasteiger partial charge in [0.15, 0.2) is 0 Å². The second-order valence-corrected chi connectivity index (χ2v) is 4.38. The highest BCUT2D eigenvalue weighted by atomic mass is 16.5. The summed E-state index contributed by atoms with van der Waals surface area (Å²) in [5, 5.41) is 5.55. The molecule has 1 aliphatic rings. The van der Waals surface area contributed by atoms with Gasteiger partial charge in [0.1, 0.15) is 0 Å². The van der Waals surface area contributed by atoms with E-state index in [9.17, 15) is 9.59 Å². The SMILES string of the molecule is COC(=O)NC(=O)CN(C)CC1CCCCN1. The minimum absolute atomic E-state index is 0.202. The van der Waals surface area contributed by atoms with Crippen molar-refractivity contribution in [1.29, 1.82) is 0 Å². The van der Waals surface area contributed by atoms with Gasteiger partial charge in [-0.25, -0.2) is 4.79 Å². The van der Waals surface area contributed by atoms with Crippen LogP contribution in [0.5, 0.6) is 0 Å². The van der Waals surface area contributed by atoms with E-state index in [1.807, 2.05) is 11.9 Å². The van der Waals surface area contributed by atoms with Gasteiger partial charge in [0.05, 0.1) is 13.7 Å². The van der Waals surface area contributed by atoms with Gasteiger partial charge >= 0.3 is 6.09 Å². The summed E-state index contributed by atoms with van der Waals surface area (Å²) in [4.78, 5) is 24.1. The van der Waals surface area contributed by atoms with Crippen LogP contribution in [-0.2, 0) is 9.53 Å². The second kappa shape index (κ2) is 7.24. The zero-order valence-corrected chi connectivity index (χ0v) is 10.5.